The molecule has 1 aliphatic rings. The topological polar surface area (TPSA) is 45.2 Å². The summed E-state index contributed by atoms with van der Waals surface area (Å²) in [5.41, 5.74) is 3.23. The van der Waals surface area contributed by atoms with Crippen LogP contribution in [0, 0.1) is 0 Å². The van der Waals surface area contributed by atoms with Gasteiger partial charge in [-0.25, -0.2) is 0 Å². The zero-order chi connectivity index (χ0) is 14.8. The van der Waals surface area contributed by atoms with Crippen LogP contribution in [0.2, 0.25) is 0 Å². The highest BCUT2D eigenvalue weighted by molar-refractivity contribution is 5.93. The molecule has 0 spiro atoms. The lowest BCUT2D eigenvalue weighted by Crippen LogP contribution is -2.43. The van der Waals surface area contributed by atoms with Gasteiger partial charge in [0.25, 0.3) is 0 Å². The van der Waals surface area contributed by atoms with Gasteiger partial charge >= 0.3 is 0 Å². The van der Waals surface area contributed by atoms with Crippen molar-refractivity contribution in [1.29, 1.82) is 0 Å². The summed E-state index contributed by atoms with van der Waals surface area (Å²) in [5.74, 6) is 0.0947. The second kappa shape index (κ2) is 5.56. The third-order valence-corrected chi connectivity index (χ3v) is 3.95. The van der Waals surface area contributed by atoms with Crippen LogP contribution in [0.4, 0.5) is 11.4 Å². The highest BCUT2D eigenvalue weighted by atomic mass is 16.2. The van der Waals surface area contributed by atoms with Crippen LogP contribution in [-0.4, -0.2) is 16.9 Å². The molecule has 0 aliphatic carbocycles. The molecule has 0 saturated carbocycles. The Kier molecular flexibility index (Phi) is 3.60. The van der Waals surface area contributed by atoms with Gasteiger partial charge < -0.3 is 10.2 Å². The first-order valence-electron chi connectivity index (χ1n) is 7.22. The van der Waals surface area contributed by atoms with Crippen LogP contribution in [0.1, 0.15) is 31.9 Å². The molecular formula is C17H19N3O. The van der Waals surface area contributed by atoms with Crippen molar-refractivity contribution in [1.82, 2.24) is 4.98 Å². The van der Waals surface area contributed by atoms with Gasteiger partial charge in [-0.1, -0.05) is 18.2 Å². The number of carbonyl (C=O) groups is 1. The maximum atomic E-state index is 11.9. The number of hydrogen-bond acceptors (Lipinski definition) is 3. The number of carbonyl (C=O) groups excluding carboxylic acids is 1. The lowest BCUT2D eigenvalue weighted by Gasteiger charge is -2.39. The van der Waals surface area contributed by atoms with Crippen molar-refractivity contribution in [3.8, 4) is 0 Å². The number of benzene rings is 1. The van der Waals surface area contributed by atoms with E-state index in [4.69, 9.17) is 0 Å². The average molecular weight is 281 g/mol. The maximum absolute atomic E-state index is 11.9. The van der Waals surface area contributed by atoms with E-state index in [1.54, 1.807) is 19.3 Å². The Morgan fingerprint density at radius 2 is 1.95 bits per heavy atom. The van der Waals surface area contributed by atoms with Crippen LogP contribution in [0.5, 0.6) is 0 Å². The molecule has 1 aromatic heterocycles. The molecule has 1 aliphatic heterocycles. The van der Waals surface area contributed by atoms with Crippen molar-refractivity contribution in [3.05, 3.63) is 54.4 Å². The molecule has 0 unspecified atom stereocenters. The van der Waals surface area contributed by atoms with E-state index in [2.05, 4.69) is 23.3 Å². The predicted molar refractivity (Wildman–Crippen MR) is 84.3 cm³/mol. The first-order chi connectivity index (χ1) is 10.2. The van der Waals surface area contributed by atoms with Crippen LogP contribution in [0.3, 0.4) is 0 Å². The fourth-order valence-electron chi connectivity index (χ4n) is 3.08. The van der Waals surface area contributed by atoms with Crippen LogP contribution in [0.15, 0.2) is 48.8 Å². The molecule has 2 aromatic rings. The van der Waals surface area contributed by atoms with Crippen molar-refractivity contribution in [3.63, 3.8) is 0 Å². The largest absolute Gasteiger partial charge is 0.378 e. The molecule has 0 fully saturated rings. The highest BCUT2D eigenvalue weighted by Crippen LogP contribution is 2.38. The highest BCUT2D eigenvalue weighted by Gasteiger charge is 2.31. The second-order valence-electron chi connectivity index (χ2n) is 5.47. The molecule has 1 amide bonds. The average Bonchev–Trinajstić information content (AvgIpc) is 2.48. The Morgan fingerprint density at radius 3 is 2.67 bits per heavy atom. The summed E-state index contributed by atoms with van der Waals surface area (Å²) in [5, 5.41) is 3.55. The minimum absolute atomic E-state index is 0.0947. The monoisotopic (exact) mass is 281 g/mol. The molecule has 2 atom stereocenters. The van der Waals surface area contributed by atoms with Gasteiger partial charge in [0.15, 0.2) is 0 Å². The molecule has 3 rings (SSSR count). The first kappa shape index (κ1) is 13.6. The Morgan fingerprint density at radius 1 is 1.24 bits per heavy atom. The predicted octanol–water partition coefficient (Wildman–Crippen LogP) is 3.38. The van der Waals surface area contributed by atoms with E-state index in [9.17, 15) is 4.79 Å². The fraction of sp³-hybridized carbons (Fsp3) is 0.294. The summed E-state index contributed by atoms with van der Waals surface area (Å²) in [7, 11) is 0. The van der Waals surface area contributed by atoms with E-state index in [0.29, 0.717) is 0 Å². The van der Waals surface area contributed by atoms with E-state index in [-0.39, 0.29) is 18.0 Å². The molecule has 2 heterocycles. The smallest absolute Gasteiger partial charge is 0.224 e. The number of amides is 1. The molecule has 0 radical (unpaired) electrons. The SMILES string of the molecule is CC(=O)N1c2ccccc2[C@H](Nc2ccncc2)C[C@@H]1C. The fourth-order valence-corrected chi connectivity index (χ4v) is 3.08. The summed E-state index contributed by atoms with van der Waals surface area (Å²) in [6, 6.07) is 12.4. The number of para-hydroxylation sites is 1. The molecule has 4 nitrogen and oxygen atoms in total. The number of nitrogens with one attached hydrogen (secondary N) is 1. The van der Waals surface area contributed by atoms with Crippen LogP contribution in [-0.2, 0) is 4.79 Å². The third-order valence-electron chi connectivity index (χ3n) is 3.95. The van der Waals surface area contributed by atoms with Crippen LogP contribution in [0.25, 0.3) is 0 Å². The molecule has 1 N–H and O–H groups in total. The van der Waals surface area contributed by atoms with Gasteiger partial charge in [-0.3, -0.25) is 9.78 Å². The Bertz CT molecular complexity index is 641. The number of nitrogens with zero attached hydrogens (tertiary/aromatic N) is 2. The Balaban J connectivity index is 1.96. The molecule has 4 heteroatoms. The summed E-state index contributed by atoms with van der Waals surface area (Å²) < 4.78 is 0. The summed E-state index contributed by atoms with van der Waals surface area (Å²) in [4.78, 5) is 17.9. The van der Waals surface area contributed by atoms with E-state index in [1.807, 2.05) is 35.2 Å². The van der Waals surface area contributed by atoms with Crippen molar-refractivity contribution in [2.45, 2.75) is 32.4 Å². The van der Waals surface area contributed by atoms with Gasteiger partial charge in [0.1, 0.15) is 0 Å². The van der Waals surface area contributed by atoms with Crippen molar-refractivity contribution in [2.75, 3.05) is 10.2 Å². The summed E-state index contributed by atoms with van der Waals surface area (Å²) >= 11 is 0. The number of rotatable bonds is 2. The summed E-state index contributed by atoms with van der Waals surface area (Å²) in [6.45, 7) is 3.72. The van der Waals surface area contributed by atoms with Crippen molar-refractivity contribution in [2.24, 2.45) is 0 Å². The minimum Gasteiger partial charge on any atom is -0.378 e. The Hall–Kier alpha value is -2.36. The molecule has 21 heavy (non-hydrogen) atoms. The Labute approximate surface area is 124 Å². The first-order valence-corrected chi connectivity index (χ1v) is 7.22. The lowest BCUT2D eigenvalue weighted by molar-refractivity contribution is -0.117. The number of aromatic nitrogens is 1. The molecule has 0 saturated heterocycles. The zero-order valence-electron chi connectivity index (χ0n) is 12.3. The van der Waals surface area contributed by atoms with Gasteiger partial charge in [-0.05, 0) is 37.1 Å². The van der Waals surface area contributed by atoms with Gasteiger partial charge in [0, 0.05) is 36.7 Å². The lowest BCUT2D eigenvalue weighted by atomic mass is 9.91. The van der Waals surface area contributed by atoms with Crippen molar-refractivity contribution >= 4 is 17.3 Å². The number of pyridine rings is 1. The minimum atomic E-state index is 0.0947. The molecular weight excluding hydrogens is 262 g/mol. The van der Waals surface area contributed by atoms with Crippen molar-refractivity contribution < 1.29 is 4.79 Å². The number of hydrogen-bond donors (Lipinski definition) is 1. The van der Waals surface area contributed by atoms with Crippen LogP contribution < -0.4 is 10.2 Å². The van der Waals surface area contributed by atoms with E-state index in [0.717, 1.165) is 17.8 Å². The van der Waals surface area contributed by atoms with Gasteiger partial charge in [0.2, 0.25) is 5.91 Å². The number of anilines is 2. The van der Waals surface area contributed by atoms with Gasteiger partial charge in [0.05, 0.1) is 6.04 Å². The van der Waals surface area contributed by atoms with E-state index >= 15 is 0 Å². The maximum Gasteiger partial charge on any atom is 0.224 e. The van der Waals surface area contributed by atoms with Gasteiger partial charge in [-0.2, -0.15) is 0 Å². The zero-order valence-corrected chi connectivity index (χ0v) is 12.3. The summed E-state index contributed by atoms with van der Waals surface area (Å²) in [6.07, 6.45) is 4.45. The standard InChI is InChI=1S/C17H19N3O/c1-12-11-16(19-14-7-9-18-10-8-14)15-5-3-4-6-17(15)20(12)13(2)21/h3-10,12,16H,11H2,1-2H3,(H,18,19)/t12-,16+/m0/s1. The second-order valence-corrected chi connectivity index (χ2v) is 5.47. The number of fused-ring (bicyclic) bond motifs is 1. The normalized spacial score (nSPS) is 20.8. The molecule has 1 aromatic carbocycles. The quantitative estimate of drug-likeness (QED) is 0.918. The van der Waals surface area contributed by atoms with E-state index in [1.165, 1.54) is 5.56 Å². The molecule has 108 valence electrons. The molecule has 0 bridgehead atoms. The van der Waals surface area contributed by atoms with Gasteiger partial charge in [-0.15, -0.1) is 0 Å². The van der Waals surface area contributed by atoms with Crippen LogP contribution >= 0.6 is 0 Å². The third kappa shape index (κ3) is 2.61. The van der Waals surface area contributed by atoms with E-state index < -0.39 is 0 Å².